The van der Waals surface area contributed by atoms with Crippen LogP contribution in [-0.2, 0) is 0 Å². The first kappa shape index (κ1) is 9.89. The highest BCUT2D eigenvalue weighted by Gasteiger charge is 2.27. The maximum absolute atomic E-state index is 13.4. The third-order valence-corrected chi connectivity index (χ3v) is 4.06. The van der Waals surface area contributed by atoms with Gasteiger partial charge in [0.15, 0.2) is 11.5 Å². The highest BCUT2D eigenvalue weighted by Crippen LogP contribution is 2.36. The summed E-state index contributed by atoms with van der Waals surface area (Å²) in [7, 11) is 0. The number of hydrogen-bond acceptors (Lipinski definition) is 4. The molecular formula is C19H20FNO3. The lowest BCUT2D eigenvalue weighted by atomic mass is 9.81. The molecule has 0 spiro atoms. The van der Waals surface area contributed by atoms with E-state index < -0.39 is 37.5 Å². The fourth-order valence-corrected chi connectivity index (χ4v) is 2.82. The summed E-state index contributed by atoms with van der Waals surface area (Å²) in [5, 5.41) is 2.71. The Labute approximate surface area is 149 Å². The lowest BCUT2D eigenvalue weighted by Crippen LogP contribution is -2.38. The summed E-state index contributed by atoms with van der Waals surface area (Å²) in [5.74, 6) is -1.97. The average Bonchev–Trinajstić information content (AvgIpc) is 2.93. The predicted octanol–water partition coefficient (Wildman–Crippen LogP) is 3.33. The van der Waals surface area contributed by atoms with Gasteiger partial charge in [-0.2, -0.15) is 0 Å². The van der Waals surface area contributed by atoms with E-state index in [0.717, 1.165) is 0 Å². The Hall–Kier alpha value is -2.27. The molecule has 2 heterocycles. The summed E-state index contributed by atoms with van der Waals surface area (Å²) in [4.78, 5) is 0. The summed E-state index contributed by atoms with van der Waals surface area (Å²) in [6.45, 7) is -6.53. The highest BCUT2D eigenvalue weighted by molar-refractivity contribution is 5.46. The van der Waals surface area contributed by atoms with Crippen molar-refractivity contribution in [2.75, 3.05) is 26.3 Å². The molecule has 4 nitrogen and oxygen atoms in total. The molecule has 0 bridgehead atoms. The minimum atomic E-state index is -2.46. The summed E-state index contributed by atoms with van der Waals surface area (Å²) in [6.07, 6.45) is 0.444. The molecule has 4 rings (SSSR count). The van der Waals surface area contributed by atoms with Crippen molar-refractivity contribution in [3.63, 3.8) is 0 Å². The minimum absolute atomic E-state index is 0.0410. The lowest BCUT2D eigenvalue weighted by molar-refractivity contribution is 0.173. The first-order valence-electron chi connectivity index (χ1n) is 10.7. The van der Waals surface area contributed by atoms with Crippen molar-refractivity contribution in [1.29, 1.82) is 0 Å². The number of rotatable bonds is 4. The molecule has 0 radical (unpaired) electrons. The van der Waals surface area contributed by atoms with Crippen molar-refractivity contribution in [3.05, 3.63) is 53.8 Å². The standard InChI is InChI=1S/C19H20FNO3/c20-15-3-1-13(2-4-15)17-7-8-21-10-14(17)11-22-16-5-6-18-19(9-16)24-12-23-18/h1-6,9,14,17,21H,7-8,10-12H2/t14-,17-/m1/s1/i10D2,11D2,12D2. The van der Waals surface area contributed by atoms with Crippen LogP contribution in [0.4, 0.5) is 4.39 Å². The number of halogens is 1. The molecule has 2 aliphatic heterocycles. The van der Waals surface area contributed by atoms with Gasteiger partial charge in [0.05, 0.1) is 9.30 Å². The van der Waals surface area contributed by atoms with Crippen LogP contribution in [0.3, 0.4) is 0 Å². The Morgan fingerprint density at radius 1 is 1.21 bits per heavy atom. The van der Waals surface area contributed by atoms with Crippen molar-refractivity contribution >= 4 is 0 Å². The van der Waals surface area contributed by atoms with Gasteiger partial charge in [-0.3, -0.25) is 0 Å². The zero-order chi connectivity index (χ0) is 21.7. The van der Waals surface area contributed by atoms with E-state index in [-0.39, 0.29) is 17.2 Å². The molecule has 2 atom stereocenters. The van der Waals surface area contributed by atoms with Crippen molar-refractivity contribution in [2.45, 2.75) is 12.3 Å². The monoisotopic (exact) mass is 335 g/mol. The van der Waals surface area contributed by atoms with Crippen LogP contribution in [0.15, 0.2) is 42.5 Å². The molecule has 0 aliphatic carbocycles. The van der Waals surface area contributed by atoms with E-state index >= 15 is 0 Å². The number of piperidine rings is 1. The molecule has 0 amide bonds. The third kappa shape index (κ3) is 3.17. The molecule has 0 aromatic heterocycles. The number of fused-ring (bicyclic) bond motifs is 1. The number of benzene rings is 2. The molecule has 1 saturated heterocycles. The number of nitrogens with one attached hydrogen (secondary N) is 1. The van der Waals surface area contributed by atoms with Gasteiger partial charge in [0.25, 0.3) is 0 Å². The molecule has 0 unspecified atom stereocenters. The van der Waals surface area contributed by atoms with E-state index in [0.29, 0.717) is 18.5 Å². The van der Waals surface area contributed by atoms with Crippen LogP contribution in [-0.4, -0.2) is 26.3 Å². The van der Waals surface area contributed by atoms with Gasteiger partial charge in [0.1, 0.15) is 14.3 Å². The van der Waals surface area contributed by atoms with Gasteiger partial charge in [0.2, 0.25) is 6.75 Å². The van der Waals surface area contributed by atoms with Gasteiger partial charge in [-0.1, -0.05) is 12.1 Å². The van der Waals surface area contributed by atoms with Gasteiger partial charge < -0.3 is 19.5 Å². The Morgan fingerprint density at radius 2 is 2.04 bits per heavy atom. The largest absolute Gasteiger partial charge is 0.493 e. The Morgan fingerprint density at radius 3 is 2.92 bits per heavy atom. The predicted molar refractivity (Wildman–Crippen MR) is 88.2 cm³/mol. The van der Waals surface area contributed by atoms with Crippen LogP contribution in [0.2, 0.25) is 0 Å². The van der Waals surface area contributed by atoms with Crippen LogP contribution in [0, 0.1) is 11.7 Å². The summed E-state index contributed by atoms with van der Waals surface area (Å²) >= 11 is 0. The minimum Gasteiger partial charge on any atom is -0.493 e. The Balaban J connectivity index is 1.64. The molecule has 1 fully saturated rings. The lowest BCUT2D eigenvalue weighted by Gasteiger charge is -2.32. The van der Waals surface area contributed by atoms with Gasteiger partial charge in [-0.15, -0.1) is 0 Å². The fraction of sp³-hybridized carbons (Fsp3) is 0.368. The zero-order valence-corrected chi connectivity index (χ0v) is 12.7. The quantitative estimate of drug-likeness (QED) is 0.930. The average molecular weight is 335 g/mol. The fourth-order valence-electron chi connectivity index (χ4n) is 2.82. The van der Waals surface area contributed by atoms with Gasteiger partial charge in [-0.25, -0.2) is 4.39 Å². The van der Waals surface area contributed by atoms with Crippen LogP contribution in [0.1, 0.15) is 26.1 Å². The molecule has 2 aromatic rings. The normalized spacial score (nSPS) is 30.9. The van der Waals surface area contributed by atoms with Gasteiger partial charge in [-0.05, 0) is 48.7 Å². The second-order valence-corrected chi connectivity index (χ2v) is 5.61. The van der Waals surface area contributed by atoms with Crippen molar-refractivity contribution in [2.24, 2.45) is 5.92 Å². The molecule has 24 heavy (non-hydrogen) atoms. The Kier molecular flexibility index (Phi) is 2.76. The molecule has 126 valence electrons. The smallest absolute Gasteiger partial charge is 0.231 e. The Bertz CT molecular complexity index is 940. The highest BCUT2D eigenvalue weighted by atomic mass is 19.1. The van der Waals surface area contributed by atoms with E-state index in [4.69, 9.17) is 22.4 Å². The summed E-state index contributed by atoms with van der Waals surface area (Å²) in [6, 6.07) is 9.71. The van der Waals surface area contributed by atoms with E-state index in [2.05, 4.69) is 5.32 Å². The first-order chi connectivity index (χ1) is 14.0. The molecule has 1 N–H and O–H groups in total. The molecule has 0 saturated carbocycles. The van der Waals surface area contributed by atoms with E-state index in [1.54, 1.807) is 0 Å². The third-order valence-electron chi connectivity index (χ3n) is 4.06. The number of hydrogen-bond donors (Lipinski definition) is 1. The van der Waals surface area contributed by atoms with Crippen molar-refractivity contribution in [3.8, 4) is 17.2 Å². The maximum Gasteiger partial charge on any atom is 0.231 e. The van der Waals surface area contributed by atoms with Gasteiger partial charge >= 0.3 is 0 Å². The van der Waals surface area contributed by atoms with E-state index in [1.165, 1.54) is 42.5 Å². The van der Waals surface area contributed by atoms with E-state index in [9.17, 15) is 4.39 Å². The summed E-state index contributed by atoms with van der Waals surface area (Å²) in [5.41, 5.74) is 0.623. The molecule has 2 aliphatic rings. The van der Waals surface area contributed by atoms with Crippen molar-refractivity contribution < 1.29 is 26.8 Å². The first-order valence-corrected chi connectivity index (χ1v) is 7.68. The summed E-state index contributed by atoms with van der Waals surface area (Å²) < 4.78 is 77.8. The maximum atomic E-state index is 13.4. The van der Waals surface area contributed by atoms with Gasteiger partial charge in [0, 0.05) is 21.2 Å². The topological polar surface area (TPSA) is 39.7 Å². The zero-order valence-electron chi connectivity index (χ0n) is 18.7. The molecule has 5 heteroatoms. The second-order valence-electron chi connectivity index (χ2n) is 5.61. The van der Waals surface area contributed by atoms with Crippen molar-refractivity contribution in [1.82, 2.24) is 5.32 Å². The van der Waals surface area contributed by atoms with Crippen LogP contribution >= 0.6 is 0 Å². The van der Waals surface area contributed by atoms with Crippen LogP contribution < -0.4 is 19.5 Å². The van der Waals surface area contributed by atoms with E-state index in [1.807, 2.05) is 0 Å². The SMILES string of the molecule is [2H]C1([2H])Oc2ccc(OC([2H])([2H])[C@@H]3[C@@H](c4ccc(F)cc4)CCNC3([2H])[2H])cc2O1. The molecular weight excluding hydrogens is 309 g/mol. The van der Waals surface area contributed by atoms with Crippen LogP contribution in [0.5, 0.6) is 17.2 Å². The van der Waals surface area contributed by atoms with Crippen LogP contribution in [0.25, 0.3) is 0 Å². The molecule has 2 aromatic carbocycles. The number of ether oxygens (including phenoxy) is 3. The second kappa shape index (κ2) is 6.69.